The maximum Gasteiger partial charge on any atom is 0.154 e. The average molecular weight is 445 g/mol. The smallest absolute Gasteiger partial charge is 0.154 e. The fraction of sp³-hybridized carbons (Fsp3) is 0.304. The highest BCUT2D eigenvalue weighted by atomic mass is 35.5. The number of carbonyl (C=O) groups is 1. The normalized spacial score (nSPS) is 12.2. The summed E-state index contributed by atoms with van der Waals surface area (Å²) in [7, 11) is 3.87. The summed E-state index contributed by atoms with van der Waals surface area (Å²) >= 11 is 5.90. The van der Waals surface area contributed by atoms with E-state index in [0.717, 1.165) is 5.56 Å². The number of Topliss-reactive ketones (excluding diaryl/α,β-unsaturated/α-hetero) is 1. The van der Waals surface area contributed by atoms with Gasteiger partial charge < -0.3 is 15.4 Å². The summed E-state index contributed by atoms with van der Waals surface area (Å²) in [6.45, 7) is 1.09. The molecule has 0 radical (unpaired) electrons. The zero-order valence-electron chi connectivity index (χ0n) is 17.6. The van der Waals surface area contributed by atoms with Crippen LogP contribution in [-0.4, -0.2) is 54.2 Å². The van der Waals surface area contributed by atoms with Crippen molar-refractivity contribution in [3.05, 3.63) is 70.8 Å². The number of carbonyl (C=O) groups excluding carboxylic acids is 1. The highest BCUT2D eigenvalue weighted by Crippen LogP contribution is 2.30. The molecule has 2 aromatic carbocycles. The molecule has 0 bridgehead atoms. The summed E-state index contributed by atoms with van der Waals surface area (Å²) in [5.74, 6) is -0.176. The fourth-order valence-corrected chi connectivity index (χ4v) is 3.26. The molecule has 1 heterocycles. The van der Waals surface area contributed by atoms with Crippen LogP contribution in [0.1, 0.15) is 11.1 Å². The van der Waals surface area contributed by atoms with Crippen LogP contribution in [0.4, 0.5) is 4.39 Å². The van der Waals surface area contributed by atoms with Gasteiger partial charge in [0.25, 0.3) is 0 Å². The molecule has 1 atom stereocenters. The third-order valence-corrected chi connectivity index (χ3v) is 5.15. The number of H-pyrrole nitrogens is 1. The van der Waals surface area contributed by atoms with Crippen LogP contribution in [0, 0.1) is 5.82 Å². The Morgan fingerprint density at radius 1 is 1.29 bits per heavy atom. The number of ether oxygens (including phenoxy) is 1. The number of nitrogens with zero attached hydrogens (tertiary/aromatic N) is 2. The zero-order chi connectivity index (χ0) is 22.4. The molecule has 3 rings (SSSR count). The van der Waals surface area contributed by atoms with Crippen molar-refractivity contribution in [2.24, 2.45) is 5.73 Å². The second-order valence-electron chi connectivity index (χ2n) is 7.66. The van der Waals surface area contributed by atoms with Gasteiger partial charge in [-0.2, -0.15) is 5.10 Å². The summed E-state index contributed by atoms with van der Waals surface area (Å²) < 4.78 is 20.7. The number of halogens is 2. The summed E-state index contributed by atoms with van der Waals surface area (Å²) in [4.78, 5) is 14.8. The van der Waals surface area contributed by atoms with Crippen molar-refractivity contribution in [2.45, 2.75) is 18.9 Å². The van der Waals surface area contributed by atoms with E-state index in [4.69, 9.17) is 22.1 Å². The summed E-state index contributed by atoms with van der Waals surface area (Å²) in [5.41, 5.74) is 8.48. The van der Waals surface area contributed by atoms with Crippen molar-refractivity contribution >= 4 is 17.4 Å². The largest absolute Gasteiger partial charge is 0.492 e. The Morgan fingerprint density at radius 2 is 2.03 bits per heavy atom. The van der Waals surface area contributed by atoms with E-state index in [1.807, 2.05) is 31.1 Å². The Morgan fingerprint density at radius 3 is 2.68 bits per heavy atom. The molecule has 0 saturated heterocycles. The second kappa shape index (κ2) is 10.5. The topological polar surface area (TPSA) is 84.2 Å². The lowest BCUT2D eigenvalue weighted by Crippen LogP contribution is -2.34. The first-order chi connectivity index (χ1) is 14.8. The van der Waals surface area contributed by atoms with Crippen LogP contribution >= 0.6 is 11.6 Å². The first-order valence-electron chi connectivity index (χ1n) is 9.95. The molecule has 0 spiro atoms. The number of hydrogen-bond donors (Lipinski definition) is 2. The maximum atomic E-state index is 14.8. The molecule has 3 N–H and O–H groups in total. The summed E-state index contributed by atoms with van der Waals surface area (Å²) in [6.07, 6.45) is 3.50. The van der Waals surface area contributed by atoms with Gasteiger partial charge in [0.05, 0.1) is 12.2 Å². The molecule has 3 aromatic rings. The standard InChI is InChI=1S/C23H26ClFN4O2/c1-29(2)7-8-31-23-12-19(17-13-27-28-14-17)20(25)10-16(23)11-22(30)21(26)9-15-3-5-18(24)6-4-15/h3-6,10,12-14,21H,7-9,11,26H2,1-2H3,(H,27,28)/t21-/m1/s1. The molecular weight excluding hydrogens is 419 g/mol. The van der Waals surface area contributed by atoms with E-state index < -0.39 is 11.9 Å². The number of likely N-dealkylation sites (N-methyl/N-ethyl adjacent to an activating group) is 1. The summed E-state index contributed by atoms with van der Waals surface area (Å²) in [5, 5.41) is 7.18. The SMILES string of the molecule is CN(C)CCOc1cc(-c2cn[nH]c2)c(F)cc1CC(=O)[C@H](N)Cc1ccc(Cl)cc1. The monoisotopic (exact) mass is 444 g/mol. The first kappa shape index (κ1) is 22.9. The molecule has 0 fully saturated rings. The van der Waals surface area contributed by atoms with Gasteiger partial charge in [0, 0.05) is 40.9 Å². The van der Waals surface area contributed by atoms with Crippen LogP contribution in [0.3, 0.4) is 0 Å². The van der Waals surface area contributed by atoms with E-state index in [0.29, 0.717) is 47.0 Å². The lowest BCUT2D eigenvalue weighted by molar-refractivity contribution is -0.119. The lowest BCUT2D eigenvalue weighted by atomic mass is 9.96. The van der Waals surface area contributed by atoms with Crippen molar-refractivity contribution in [3.63, 3.8) is 0 Å². The molecular formula is C23H26ClFN4O2. The van der Waals surface area contributed by atoms with Crippen LogP contribution in [0.15, 0.2) is 48.8 Å². The number of rotatable bonds is 10. The Kier molecular flexibility index (Phi) is 7.79. The van der Waals surface area contributed by atoms with Crippen LogP contribution < -0.4 is 10.5 Å². The number of ketones is 1. The highest BCUT2D eigenvalue weighted by Gasteiger charge is 2.20. The molecule has 0 unspecified atom stereocenters. The van der Waals surface area contributed by atoms with Crippen molar-refractivity contribution in [2.75, 3.05) is 27.2 Å². The number of hydrogen-bond acceptors (Lipinski definition) is 5. The first-order valence-corrected chi connectivity index (χ1v) is 10.3. The number of benzene rings is 2. The van der Waals surface area contributed by atoms with Gasteiger partial charge in [0.2, 0.25) is 0 Å². The Bertz CT molecular complexity index is 1010. The Hall–Kier alpha value is -2.74. The highest BCUT2D eigenvalue weighted by molar-refractivity contribution is 6.30. The predicted octanol–water partition coefficient (Wildman–Crippen LogP) is 3.49. The minimum absolute atomic E-state index is 0.0192. The fourth-order valence-electron chi connectivity index (χ4n) is 3.13. The molecule has 31 heavy (non-hydrogen) atoms. The molecule has 1 aromatic heterocycles. The average Bonchev–Trinajstić information content (AvgIpc) is 3.25. The predicted molar refractivity (Wildman–Crippen MR) is 120 cm³/mol. The van der Waals surface area contributed by atoms with Gasteiger partial charge in [-0.25, -0.2) is 4.39 Å². The van der Waals surface area contributed by atoms with Gasteiger partial charge in [-0.1, -0.05) is 23.7 Å². The van der Waals surface area contributed by atoms with Crippen LogP contribution in [-0.2, 0) is 17.6 Å². The second-order valence-corrected chi connectivity index (χ2v) is 8.10. The van der Waals surface area contributed by atoms with E-state index in [-0.39, 0.29) is 12.2 Å². The van der Waals surface area contributed by atoms with Crippen LogP contribution in [0.5, 0.6) is 5.75 Å². The van der Waals surface area contributed by atoms with Gasteiger partial charge in [-0.3, -0.25) is 9.89 Å². The number of aromatic amines is 1. The van der Waals surface area contributed by atoms with Gasteiger partial charge in [0.15, 0.2) is 5.78 Å². The van der Waals surface area contributed by atoms with Gasteiger partial charge in [-0.05, 0) is 50.3 Å². The quantitative estimate of drug-likeness (QED) is 0.500. The van der Waals surface area contributed by atoms with Crippen LogP contribution in [0.25, 0.3) is 11.1 Å². The molecule has 8 heteroatoms. The molecule has 6 nitrogen and oxygen atoms in total. The Balaban J connectivity index is 1.79. The van der Waals surface area contributed by atoms with E-state index in [1.54, 1.807) is 24.4 Å². The molecule has 0 aliphatic heterocycles. The zero-order valence-corrected chi connectivity index (χ0v) is 18.3. The molecule has 0 aliphatic carbocycles. The third kappa shape index (κ3) is 6.37. The molecule has 0 aliphatic rings. The molecule has 164 valence electrons. The van der Waals surface area contributed by atoms with E-state index in [9.17, 15) is 9.18 Å². The number of aromatic nitrogens is 2. The number of nitrogens with one attached hydrogen (secondary N) is 1. The van der Waals surface area contributed by atoms with Crippen molar-refractivity contribution in [3.8, 4) is 16.9 Å². The van der Waals surface area contributed by atoms with E-state index in [2.05, 4.69) is 10.2 Å². The number of nitrogens with two attached hydrogens (primary N) is 1. The van der Waals surface area contributed by atoms with Crippen LogP contribution in [0.2, 0.25) is 5.02 Å². The van der Waals surface area contributed by atoms with Gasteiger partial charge in [0.1, 0.15) is 18.2 Å². The van der Waals surface area contributed by atoms with Gasteiger partial charge in [-0.15, -0.1) is 0 Å². The van der Waals surface area contributed by atoms with Gasteiger partial charge >= 0.3 is 0 Å². The molecule has 0 saturated carbocycles. The lowest BCUT2D eigenvalue weighted by Gasteiger charge is -2.17. The summed E-state index contributed by atoms with van der Waals surface area (Å²) in [6, 6.07) is 9.44. The Labute approximate surface area is 186 Å². The van der Waals surface area contributed by atoms with E-state index in [1.165, 1.54) is 12.3 Å². The van der Waals surface area contributed by atoms with Crippen molar-refractivity contribution in [1.82, 2.24) is 15.1 Å². The maximum absolute atomic E-state index is 14.8. The van der Waals surface area contributed by atoms with Crippen molar-refractivity contribution in [1.29, 1.82) is 0 Å². The molecule has 0 amide bonds. The third-order valence-electron chi connectivity index (χ3n) is 4.90. The minimum Gasteiger partial charge on any atom is -0.492 e. The minimum atomic E-state index is -0.715. The van der Waals surface area contributed by atoms with Crippen molar-refractivity contribution < 1.29 is 13.9 Å². The van der Waals surface area contributed by atoms with E-state index >= 15 is 0 Å².